The largest absolute Gasteiger partial charge is 0.492 e. The third kappa shape index (κ3) is 2.60. The maximum absolute atomic E-state index is 11.3. The molecule has 0 aliphatic heterocycles. The smallest absolute Gasteiger partial charge is 0.248 e. The number of primary amides is 1. The third-order valence-electron chi connectivity index (χ3n) is 3.50. The van der Waals surface area contributed by atoms with E-state index in [1.807, 2.05) is 13.0 Å². The summed E-state index contributed by atoms with van der Waals surface area (Å²) >= 11 is 0. The number of hydrogen-bond donors (Lipinski definition) is 2. The van der Waals surface area contributed by atoms with E-state index < -0.39 is 5.91 Å². The van der Waals surface area contributed by atoms with Crippen molar-refractivity contribution in [3.63, 3.8) is 0 Å². The van der Waals surface area contributed by atoms with Gasteiger partial charge in [-0.2, -0.15) is 10.4 Å². The van der Waals surface area contributed by atoms with Gasteiger partial charge in [-0.25, -0.2) is 0 Å². The zero-order valence-electron chi connectivity index (χ0n) is 12.5. The van der Waals surface area contributed by atoms with Gasteiger partial charge in [0, 0.05) is 16.5 Å². The summed E-state index contributed by atoms with van der Waals surface area (Å²) in [5.74, 6) is 0.0182. The molecule has 0 bridgehead atoms. The van der Waals surface area contributed by atoms with E-state index >= 15 is 0 Å². The lowest BCUT2D eigenvalue weighted by molar-refractivity contribution is 0.100. The molecule has 3 rings (SSSR count). The number of aromatic amines is 1. The standard InChI is InChI=1S/C17H14N4O2/c1-2-23-15-8-13-14(7-12(15)9-18)20-21-16(13)10-4-3-5-11(6-10)17(19)22/h3-8H,2H2,1H3,(H2,19,22)(H,20,21). The third-order valence-corrected chi connectivity index (χ3v) is 3.50. The fourth-order valence-electron chi connectivity index (χ4n) is 2.45. The number of nitriles is 1. The van der Waals surface area contributed by atoms with Gasteiger partial charge in [0.25, 0.3) is 0 Å². The van der Waals surface area contributed by atoms with Crippen LogP contribution in [0, 0.1) is 11.3 Å². The molecule has 6 nitrogen and oxygen atoms in total. The van der Waals surface area contributed by atoms with Crippen LogP contribution in [0.15, 0.2) is 36.4 Å². The Balaban J connectivity index is 2.19. The van der Waals surface area contributed by atoms with Gasteiger partial charge < -0.3 is 10.5 Å². The number of H-pyrrole nitrogens is 1. The number of carbonyl (C=O) groups is 1. The molecule has 2 aromatic carbocycles. The van der Waals surface area contributed by atoms with Crippen molar-refractivity contribution < 1.29 is 9.53 Å². The first kappa shape index (κ1) is 14.6. The van der Waals surface area contributed by atoms with Crippen LogP contribution in [-0.2, 0) is 0 Å². The Bertz CT molecular complexity index is 937. The second kappa shape index (κ2) is 5.81. The van der Waals surface area contributed by atoms with Crippen molar-refractivity contribution in [2.45, 2.75) is 6.92 Å². The highest BCUT2D eigenvalue weighted by molar-refractivity contribution is 5.98. The Morgan fingerprint density at radius 2 is 2.22 bits per heavy atom. The predicted molar refractivity (Wildman–Crippen MR) is 85.9 cm³/mol. The summed E-state index contributed by atoms with van der Waals surface area (Å²) in [6.07, 6.45) is 0. The molecular formula is C17H14N4O2. The number of nitrogens with one attached hydrogen (secondary N) is 1. The lowest BCUT2D eigenvalue weighted by Crippen LogP contribution is -2.10. The van der Waals surface area contributed by atoms with Crippen LogP contribution >= 0.6 is 0 Å². The van der Waals surface area contributed by atoms with Crippen molar-refractivity contribution in [3.05, 3.63) is 47.5 Å². The molecule has 114 valence electrons. The number of nitrogens with two attached hydrogens (primary N) is 1. The monoisotopic (exact) mass is 306 g/mol. The number of rotatable bonds is 4. The highest BCUT2D eigenvalue weighted by Gasteiger charge is 2.14. The van der Waals surface area contributed by atoms with Crippen LogP contribution < -0.4 is 10.5 Å². The molecule has 0 atom stereocenters. The summed E-state index contributed by atoms with van der Waals surface area (Å²) < 4.78 is 5.52. The van der Waals surface area contributed by atoms with Gasteiger partial charge in [0.2, 0.25) is 5.91 Å². The maximum Gasteiger partial charge on any atom is 0.248 e. The number of aromatic nitrogens is 2. The molecule has 1 aromatic heterocycles. The molecule has 3 N–H and O–H groups in total. The number of nitrogens with zero attached hydrogens (tertiary/aromatic N) is 2. The van der Waals surface area contributed by atoms with Crippen LogP contribution in [0.1, 0.15) is 22.8 Å². The molecule has 1 amide bonds. The average molecular weight is 306 g/mol. The minimum atomic E-state index is -0.492. The van der Waals surface area contributed by atoms with Gasteiger partial charge in [-0.05, 0) is 31.2 Å². The molecule has 6 heteroatoms. The second-order valence-electron chi connectivity index (χ2n) is 4.96. The topological polar surface area (TPSA) is 105 Å². The highest BCUT2D eigenvalue weighted by atomic mass is 16.5. The Morgan fingerprint density at radius 1 is 1.39 bits per heavy atom. The van der Waals surface area contributed by atoms with Crippen molar-refractivity contribution in [1.29, 1.82) is 5.26 Å². The van der Waals surface area contributed by atoms with Crippen molar-refractivity contribution >= 4 is 16.8 Å². The lowest BCUT2D eigenvalue weighted by Gasteiger charge is -2.06. The number of fused-ring (bicyclic) bond motifs is 1. The number of amides is 1. The molecule has 3 aromatic rings. The average Bonchev–Trinajstić information content (AvgIpc) is 2.97. The van der Waals surface area contributed by atoms with E-state index in [2.05, 4.69) is 16.3 Å². The molecule has 0 saturated heterocycles. The Hall–Kier alpha value is -3.33. The van der Waals surface area contributed by atoms with Gasteiger partial charge in [0.15, 0.2) is 0 Å². The van der Waals surface area contributed by atoms with E-state index in [1.54, 1.807) is 30.3 Å². The molecule has 0 saturated carbocycles. The van der Waals surface area contributed by atoms with Crippen molar-refractivity contribution in [2.75, 3.05) is 6.61 Å². The van der Waals surface area contributed by atoms with E-state index in [4.69, 9.17) is 10.5 Å². The SMILES string of the molecule is CCOc1cc2c(-c3cccc(C(N)=O)c3)n[nH]c2cc1C#N. The molecule has 0 unspecified atom stereocenters. The fraction of sp³-hybridized carbons (Fsp3) is 0.118. The zero-order chi connectivity index (χ0) is 16.4. The maximum atomic E-state index is 11.3. The summed E-state index contributed by atoms with van der Waals surface area (Å²) in [7, 11) is 0. The van der Waals surface area contributed by atoms with Crippen LogP contribution in [0.4, 0.5) is 0 Å². The Labute approximate surface area is 132 Å². The number of hydrogen-bond acceptors (Lipinski definition) is 4. The van der Waals surface area contributed by atoms with Crippen LogP contribution in [0.2, 0.25) is 0 Å². The van der Waals surface area contributed by atoms with Gasteiger partial charge in [-0.3, -0.25) is 9.89 Å². The predicted octanol–water partition coefficient (Wildman–Crippen LogP) is 2.60. The highest BCUT2D eigenvalue weighted by Crippen LogP contribution is 2.32. The number of carbonyl (C=O) groups excluding carboxylic acids is 1. The second-order valence-corrected chi connectivity index (χ2v) is 4.96. The first-order valence-corrected chi connectivity index (χ1v) is 7.09. The molecule has 0 radical (unpaired) electrons. The van der Waals surface area contributed by atoms with E-state index in [0.29, 0.717) is 29.2 Å². The lowest BCUT2D eigenvalue weighted by atomic mass is 10.0. The minimum Gasteiger partial charge on any atom is -0.492 e. The summed E-state index contributed by atoms with van der Waals surface area (Å²) in [6.45, 7) is 2.32. The molecule has 0 fully saturated rings. The Kier molecular flexibility index (Phi) is 3.69. The molecular weight excluding hydrogens is 292 g/mol. The van der Waals surface area contributed by atoms with Crippen LogP contribution in [0.3, 0.4) is 0 Å². The number of benzene rings is 2. The van der Waals surface area contributed by atoms with Gasteiger partial charge >= 0.3 is 0 Å². The quantitative estimate of drug-likeness (QED) is 0.772. The summed E-state index contributed by atoms with van der Waals surface area (Å²) in [4.78, 5) is 11.3. The van der Waals surface area contributed by atoms with E-state index in [0.717, 1.165) is 16.5 Å². The van der Waals surface area contributed by atoms with E-state index in [1.165, 1.54) is 0 Å². The van der Waals surface area contributed by atoms with E-state index in [9.17, 15) is 10.1 Å². The molecule has 0 aliphatic carbocycles. The van der Waals surface area contributed by atoms with Gasteiger partial charge in [0.1, 0.15) is 17.5 Å². The summed E-state index contributed by atoms with van der Waals surface area (Å²) in [6, 6.07) is 12.5. The molecule has 0 aliphatic rings. The fourth-order valence-corrected chi connectivity index (χ4v) is 2.45. The minimum absolute atomic E-state index is 0.414. The van der Waals surface area contributed by atoms with Gasteiger partial charge in [-0.1, -0.05) is 12.1 Å². The molecule has 0 spiro atoms. The first-order valence-electron chi connectivity index (χ1n) is 7.09. The van der Waals surface area contributed by atoms with Crippen molar-refractivity contribution in [2.24, 2.45) is 5.73 Å². The van der Waals surface area contributed by atoms with Crippen molar-refractivity contribution in [3.8, 4) is 23.1 Å². The van der Waals surface area contributed by atoms with Gasteiger partial charge in [-0.15, -0.1) is 0 Å². The van der Waals surface area contributed by atoms with Crippen LogP contribution in [0.25, 0.3) is 22.2 Å². The number of ether oxygens (including phenoxy) is 1. The zero-order valence-corrected chi connectivity index (χ0v) is 12.5. The summed E-state index contributed by atoms with van der Waals surface area (Å²) in [5, 5.41) is 17.2. The molecule has 23 heavy (non-hydrogen) atoms. The Morgan fingerprint density at radius 3 is 2.91 bits per heavy atom. The normalized spacial score (nSPS) is 10.4. The molecule has 1 heterocycles. The van der Waals surface area contributed by atoms with Crippen molar-refractivity contribution in [1.82, 2.24) is 10.2 Å². The van der Waals surface area contributed by atoms with Crippen LogP contribution in [0.5, 0.6) is 5.75 Å². The van der Waals surface area contributed by atoms with Gasteiger partial charge in [0.05, 0.1) is 17.7 Å². The summed E-state index contributed by atoms with van der Waals surface area (Å²) in [5.41, 5.74) is 8.35. The first-order chi connectivity index (χ1) is 11.1. The van der Waals surface area contributed by atoms with E-state index in [-0.39, 0.29) is 0 Å². The van der Waals surface area contributed by atoms with Crippen LogP contribution in [-0.4, -0.2) is 22.7 Å².